The summed E-state index contributed by atoms with van der Waals surface area (Å²) in [6.07, 6.45) is 3.87. The molecule has 0 bridgehead atoms. The molecule has 2 aromatic rings. The molecule has 6 heteroatoms. The fourth-order valence-corrected chi connectivity index (χ4v) is 3.03. The fraction of sp³-hybridized carbons (Fsp3) is 0.364. The summed E-state index contributed by atoms with van der Waals surface area (Å²) in [4.78, 5) is 24.4. The molecule has 0 saturated heterocycles. The molecule has 0 N–H and O–H groups in total. The third kappa shape index (κ3) is 5.03. The quantitative estimate of drug-likeness (QED) is 0.371. The SMILES string of the molecule is CCCn1c(C)cc(C(=O)COC(=O)/C=C/c2ccc(OC)c(OC)c2)c1C. The number of esters is 1. The van der Waals surface area contributed by atoms with Crippen molar-refractivity contribution in [1.82, 2.24) is 4.57 Å². The number of carbonyl (C=O) groups is 2. The molecule has 0 unspecified atom stereocenters. The van der Waals surface area contributed by atoms with Gasteiger partial charge in [0.25, 0.3) is 0 Å². The summed E-state index contributed by atoms with van der Waals surface area (Å²) in [5, 5.41) is 0. The van der Waals surface area contributed by atoms with Gasteiger partial charge in [-0.3, -0.25) is 4.79 Å². The normalized spacial score (nSPS) is 10.9. The van der Waals surface area contributed by atoms with E-state index in [2.05, 4.69) is 11.5 Å². The lowest BCUT2D eigenvalue weighted by atomic mass is 10.1. The van der Waals surface area contributed by atoms with Crippen LogP contribution in [0.5, 0.6) is 11.5 Å². The lowest BCUT2D eigenvalue weighted by molar-refractivity contribution is -0.136. The molecule has 0 aliphatic carbocycles. The lowest BCUT2D eigenvalue weighted by Gasteiger charge is -2.08. The number of methoxy groups -OCH3 is 2. The fourth-order valence-electron chi connectivity index (χ4n) is 3.03. The molecule has 28 heavy (non-hydrogen) atoms. The topological polar surface area (TPSA) is 66.8 Å². The largest absolute Gasteiger partial charge is 0.493 e. The van der Waals surface area contributed by atoms with Crippen molar-refractivity contribution in [1.29, 1.82) is 0 Å². The Kier molecular flexibility index (Phi) is 7.44. The van der Waals surface area contributed by atoms with Crippen molar-refractivity contribution in [2.45, 2.75) is 33.7 Å². The maximum atomic E-state index is 12.4. The van der Waals surface area contributed by atoms with E-state index in [0.29, 0.717) is 17.1 Å². The van der Waals surface area contributed by atoms with Crippen LogP contribution in [0, 0.1) is 13.8 Å². The van der Waals surface area contributed by atoms with E-state index in [1.54, 1.807) is 38.5 Å². The van der Waals surface area contributed by atoms with Crippen LogP contribution in [-0.2, 0) is 16.1 Å². The van der Waals surface area contributed by atoms with Gasteiger partial charge in [-0.25, -0.2) is 4.79 Å². The van der Waals surface area contributed by atoms with Gasteiger partial charge in [-0.05, 0) is 50.1 Å². The Morgan fingerprint density at radius 1 is 1.07 bits per heavy atom. The zero-order valence-electron chi connectivity index (χ0n) is 17.1. The van der Waals surface area contributed by atoms with Crippen LogP contribution in [0.25, 0.3) is 6.08 Å². The summed E-state index contributed by atoms with van der Waals surface area (Å²) in [6, 6.07) is 7.13. The number of ketones is 1. The van der Waals surface area contributed by atoms with Crippen molar-refractivity contribution in [2.24, 2.45) is 0 Å². The number of hydrogen-bond acceptors (Lipinski definition) is 5. The number of aryl methyl sites for hydroxylation is 1. The van der Waals surface area contributed by atoms with E-state index < -0.39 is 5.97 Å². The highest BCUT2D eigenvalue weighted by Crippen LogP contribution is 2.28. The Bertz CT molecular complexity index is 879. The number of carbonyl (C=O) groups excluding carboxylic acids is 2. The van der Waals surface area contributed by atoms with Crippen molar-refractivity contribution < 1.29 is 23.8 Å². The van der Waals surface area contributed by atoms with Gasteiger partial charge in [-0.2, -0.15) is 0 Å². The number of Topliss-reactive ketones (excluding diaryl/α,β-unsaturated/α-hetero) is 1. The second-order valence-electron chi connectivity index (χ2n) is 6.42. The smallest absolute Gasteiger partial charge is 0.331 e. The molecule has 1 heterocycles. The Hall–Kier alpha value is -3.02. The molecule has 0 saturated carbocycles. The maximum absolute atomic E-state index is 12.4. The summed E-state index contributed by atoms with van der Waals surface area (Å²) >= 11 is 0. The molecule has 0 fully saturated rings. The first-order chi connectivity index (χ1) is 13.4. The van der Waals surface area contributed by atoms with Crippen molar-refractivity contribution in [2.75, 3.05) is 20.8 Å². The summed E-state index contributed by atoms with van der Waals surface area (Å²) in [5.74, 6) is 0.387. The summed E-state index contributed by atoms with van der Waals surface area (Å²) < 4.78 is 17.6. The molecule has 0 atom stereocenters. The van der Waals surface area contributed by atoms with Crippen LogP contribution < -0.4 is 9.47 Å². The van der Waals surface area contributed by atoms with E-state index in [-0.39, 0.29) is 12.4 Å². The van der Waals surface area contributed by atoms with Crippen LogP contribution in [0.15, 0.2) is 30.3 Å². The molecular formula is C22H27NO5. The molecule has 1 aromatic heterocycles. The highest BCUT2D eigenvalue weighted by molar-refractivity contribution is 6.00. The van der Waals surface area contributed by atoms with Gasteiger partial charge in [-0.1, -0.05) is 13.0 Å². The first-order valence-corrected chi connectivity index (χ1v) is 9.18. The minimum absolute atomic E-state index is 0.205. The van der Waals surface area contributed by atoms with Gasteiger partial charge in [0.1, 0.15) is 0 Å². The van der Waals surface area contributed by atoms with Crippen LogP contribution in [-0.4, -0.2) is 37.1 Å². The van der Waals surface area contributed by atoms with Gasteiger partial charge in [0, 0.05) is 29.6 Å². The molecule has 0 aliphatic heterocycles. The molecule has 1 aromatic carbocycles. The number of ether oxygens (including phenoxy) is 3. The Labute approximate surface area is 165 Å². The van der Waals surface area contributed by atoms with Gasteiger partial charge in [-0.15, -0.1) is 0 Å². The third-order valence-corrected chi connectivity index (χ3v) is 4.49. The molecule has 0 radical (unpaired) electrons. The molecule has 0 amide bonds. The number of benzene rings is 1. The lowest BCUT2D eigenvalue weighted by Crippen LogP contribution is -2.13. The van der Waals surface area contributed by atoms with Gasteiger partial charge < -0.3 is 18.8 Å². The molecule has 0 spiro atoms. The van der Waals surface area contributed by atoms with Gasteiger partial charge in [0.2, 0.25) is 5.78 Å². The predicted molar refractivity (Wildman–Crippen MR) is 108 cm³/mol. The number of nitrogens with zero attached hydrogens (tertiary/aromatic N) is 1. The number of aromatic nitrogens is 1. The zero-order valence-corrected chi connectivity index (χ0v) is 17.1. The standard InChI is InChI=1S/C22H27NO5/c1-6-11-23-15(2)12-18(16(23)3)19(24)14-28-22(25)10-8-17-7-9-20(26-4)21(13-17)27-5/h7-10,12-13H,6,11,14H2,1-5H3/b10-8+. The van der Waals surface area contributed by atoms with Crippen LogP contribution >= 0.6 is 0 Å². The minimum atomic E-state index is -0.578. The van der Waals surface area contributed by atoms with Crippen LogP contribution in [0.1, 0.15) is 40.7 Å². The summed E-state index contributed by atoms with van der Waals surface area (Å²) in [7, 11) is 3.10. The zero-order chi connectivity index (χ0) is 20.7. The van der Waals surface area contributed by atoms with Crippen LogP contribution in [0.3, 0.4) is 0 Å². The molecule has 0 aliphatic rings. The average molecular weight is 385 g/mol. The molecular weight excluding hydrogens is 358 g/mol. The second kappa shape index (κ2) is 9.78. The Morgan fingerprint density at radius 3 is 2.43 bits per heavy atom. The van der Waals surface area contributed by atoms with Gasteiger partial charge in [0.15, 0.2) is 18.1 Å². The van der Waals surface area contributed by atoms with E-state index in [1.165, 1.54) is 6.08 Å². The minimum Gasteiger partial charge on any atom is -0.493 e. The molecule has 2 rings (SSSR count). The Balaban J connectivity index is 1.98. The number of hydrogen-bond donors (Lipinski definition) is 0. The number of rotatable bonds is 9. The van der Waals surface area contributed by atoms with Crippen LogP contribution in [0.4, 0.5) is 0 Å². The summed E-state index contributed by atoms with van der Waals surface area (Å²) in [5.41, 5.74) is 3.29. The highest BCUT2D eigenvalue weighted by atomic mass is 16.5. The van der Waals surface area contributed by atoms with Gasteiger partial charge >= 0.3 is 5.97 Å². The van der Waals surface area contributed by atoms with E-state index in [0.717, 1.165) is 29.9 Å². The highest BCUT2D eigenvalue weighted by Gasteiger charge is 2.16. The van der Waals surface area contributed by atoms with Crippen molar-refractivity contribution in [3.63, 3.8) is 0 Å². The summed E-state index contributed by atoms with van der Waals surface area (Å²) in [6.45, 7) is 6.54. The second-order valence-corrected chi connectivity index (χ2v) is 6.42. The Morgan fingerprint density at radius 2 is 1.79 bits per heavy atom. The van der Waals surface area contributed by atoms with Crippen molar-refractivity contribution in [3.05, 3.63) is 52.9 Å². The van der Waals surface area contributed by atoms with E-state index in [1.807, 2.05) is 19.9 Å². The van der Waals surface area contributed by atoms with E-state index in [9.17, 15) is 9.59 Å². The average Bonchev–Trinajstić information content (AvgIpc) is 2.98. The monoisotopic (exact) mass is 385 g/mol. The first kappa shape index (κ1) is 21.3. The van der Waals surface area contributed by atoms with E-state index in [4.69, 9.17) is 14.2 Å². The van der Waals surface area contributed by atoms with Gasteiger partial charge in [0.05, 0.1) is 14.2 Å². The third-order valence-electron chi connectivity index (χ3n) is 4.49. The maximum Gasteiger partial charge on any atom is 0.331 e. The molecule has 6 nitrogen and oxygen atoms in total. The van der Waals surface area contributed by atoms with E-state index >= 15 is 0 Å². The van der Waals surface area contributed by atoms with Crippen LogP contribution in [0.2, 0.25) is 0 Å². The van der Waals surface area contributed by atoms with Crippen molar-refractivity contribution >= 4 is 17.8 Å². The predicted octanol–water partition coefficient (Wildman–Crippen LogP) is 3.97. The van der Waals surface area contributed by atoms with Crippen molar-refractivity contribution in [3.8, 4) is 11.5 Å². The first-order valence-electron chi connectivity index (χ1n) is 9.18. The molecule has 150 valence electrons.